The molecule has 7 heteroatoms. The topological polar surface area (TPSA) is 84.7 Å². The molecule has 1 saturated carbocycles. The van der Waals surface area contributed by atoms with Gasteiger partial charge in [-0.05, 0) is 77.0 Å². The second-order valence-electron chi connectivity index (χ2n) is 10.8. The van der Waals surface area contributed by atoms with E-state index in [4.69, 9.17) is 9.72 Å². The van der Waals surface area contributed by atoms with Crippen LogP contribution in [0.2, 0.25) is 0 Å². The van der Waals surface area contributed by atoms with Gasteiger partial charge in [0.1, 0.15) is 5.82 Å². The number of hydrogen-bond acceptors (Lipinski definition) is 4. The summed E-state index contributed by atoms with van der Waals surface area (Å²) in [7, 11) is 1.42. The minimum Gasteiger partial charge on any atom is -0.481 e. The molecule has 3 aromatic rings. The fourth-order valence-corrected chi connectivity index (χ4v) is 6.15. The average molecular weight is 490 g/mol. The molecule has 2 aliphatic rings. The highest BCUT2D eigenvalue weighted by atomic mass is 16.5. The number of carbonyl (C=O) groups is 2. The average Bonchev–Trinajstić information content (AvgIpc) is 3.29. The van der Waals surface area contributed by atoms with Gasteiger partial charge in [-0.2, -0.15) is 0 Å². The Balaban J connectivity index is 1.69. The molecule has 1 N–H and O–H groups in total. The number of hydrogen-bond donors (Lipinski definition) is 1. The number of imidazole rings is 1. The number of aryl methyl sites for hydroxylation is 1. The third kappa shape index (κ3) is 3.94. The Hall–Kier alpha value is -3.35. The van der Waals surface area contributed by atoms with E-state index < -0.39 is 5.97 Å². The van der Waals surface area contributed by atoms with Crippen molar-refractivity contribution < 1.29 is 19.4 Å². The largest absolute Gasteiger partial charge is 0.481 e. The standard InChI is InChI=1S/C29H35N3O4/c1-18-10-15-22-23(31(18)28(35)36-4)16-17-24-25(22)30-27(29(2,3)20-8-6-5-7-9-20)32(24)21-13-11-19(12-14-21)26(33)34/h5-9,16-19,21H,10-15H2,1-4H3,(H,33,34)/t18-,19?,21?/m0/s1. The number of anilines is 1. The van der Waals surface area contributed by atoms with Crippen LogP contribution in [0.15, 0.2) is 42.5 Å². The Labute approximate surface area is 212 Å². The van der Waals surface area contributed by atoms with Gasteiger partial charge in [0.2, 0.25) is 0 Å². The number of amides is 1. The smallest absolute Gasteiger partial charge is 0.414 e. The van der Waals surface area contributed by atoms with Crippen molar-refractivity contribution in [3.63, 3.8) is 0 Å². The number of nitrogens with zero attached hydrogens (tertiary/aromatic N) is 3. The lowest BCUT2D eigenvalue weighted by Gasteiger charge is -2.34. The summed E-state index contributed by atoms with van der Waals surface area (Å²) in [4.78, 5) is 31.3. The molecule has 1 atom stereocenters. The van der Waals surface area contributed by atoms with Gasteiger partial charge in [0.25, 0.3) is 0 Å². The molecule has 2 heterocycles. The number of ether oxygens (including phenoxy) is 1. The van der Waals surface area contributed by atoms with E-state index >= 15 is 0 Å². The van der Waals surface area contributed by atoms with Gasteiger partial charge in [-0.1, -0.05) is 30.3 Å². The maximum absolute atomic E-state index is 12.7. The second-order valence-corrected chi connectivity index (χ2v) is 10.8. The van der Waals surface area contributed by atoms with Crippen molar-refractivity contribution in [2.24, 2.45) is 5.92 Å². The molecule has 0 unspecified atom stereocenters. The van der Waals surface area contributed by atoms with Crippen molar-refractivity contribution >= 4 is 28.8 Å². The zero-order valence-electron chi connectivity index (χ0n) is 21.5. The fourth-order valence-electron chi connectivity index (χ4n) is 6.15. The summed E-state index contributed by atoms with van der Waals surface area (Å²) in [6.07, 6.45) is 4.29. The molecule has 0 radical (unpaired) electrons. The minimum absolute atomic E-state index is 0.0519. The summed E-state index contributed by atoms with van der Waals surface area (Å²) in [5.41, 5.74) is 4.77. The third-order valence-electron chi connectivity index (χ3n) is 8.29. The summed E-state index contributed by atoms with van der Waals surface area (Å²) in [5, 5.41) is 9.54. The van der Waals surface area contributed by atoms with Crippen molar-refractivity contribution in [1.82, 2.24) is 9.55 Å². The number of aromatic nitrogens is 2. The Morgan fingerprint density at radius 3 is 2.36 bits per heavy atom. The molecule has 5 rings (SSSR count). The number of benzene rings is 2. The predicted molar refractivity (Wildman–Crippen MR) is 140 cm³/mol. The molecule has 36 heavy (non-hydrogen) atoms. The molecular formula is C29H35N3O4. The van der Waals surface area contributed by atoms with Crippen LogP contribution >= 0.6 is 0 Å². The van der Waals surface area contributed by atoms with Crippen molar-refractivity contribution in [3.8, 4) is 0 Å². The Morgan fingerprint density at radius 2 is 1.72 bits per heavy atom. The molecule has 1 amide bonds. The quantitative estimate of drug-likeness (QED) is 0.480. The third-order valence-corrected chi connectivity index (χ3v) is 8.29. The van der Waals surface area contributed by atoms with E-state index in [1.54, 1.807) is 4.90 Å². The normalized spacial score (nSPS) is 22.3. The molecule has 1 fully saturated rings. The van der Waals surface area contributed by atoms with E-state index in [2.05, 4.69) is 48.7 Å². The molecule has 0 bridgehead atoms. The van der Waals surface area contributed by atoms with Crippen LogP contribution < -0.4 is 4.90 Å². The number of fused-ring (bicyclic) bond motifs is 3. The van der Waals surface area contributed by atoms with E-state index in [-0.39, 0.29) is 29.5 Å². The molecule has 0 saturated heterocycles. The zero-order chi connectivity index (χ0) is 25.6. The first-order chi connectivity index (χ1) is 17.2. The molecule has 2 aromatic carbocycles. The van der Waals surface area contributed by atoms with Crippen LogP contribution in [-0.4, -0.2) is 39.9 Å². The van der Waals surface area contributed by atoms with Crippen molar-refractivity contribution in [2.75, 3.05) is 12.0 Å². The second kappa shape index (κ2) is 9.26. The lowest BCUT2D eigenvalue weighted by Crippen LogP contribution is -2.42. The SMILES string of the molecule is COC(=O)N1c2ccc3c(nc(C(C)(C)c4ccccc4)n3C3CCC(C(=O)O)CC3)c2CC[C@@H]1C. The summed E-state index contributed by atoms with van der Waals surface area (Å²) in [6.45, 7) is 6.46. The molecule has 0 spiro atoms. The van der Waals surface area contributed by atoms with Gasteiger partial charge in [0, 0.05) is 23.1 Å². The summed E-state index contributed by atoms with van der Waals surface area (Å²) < 4.78 is 7.48. The van der Waals surface area contributed by atoms with Crippen LogP contribution in [0, 0.1) is 5.92 Å². The molecule has 190 valence electrons. The highest BCUT2D eigenvalue weighted by Crippen LogP contribution is 2.43. The van der Waals surface area contributed by atoms with Crippen molar-refractivity contribution in [3.05, 3.63) is 59.4 Å². The van der Waals surface area contributed by atoms with Gasteiger partial charge in [0.05, 0.1) is 29.7 Å². The van der Waals surface area contributed by atoms with Gasteiger partial charge < -0.3 is 14.4 Å². The maximum atomic E-state index is 12.7. The van der Waals surface area contributed by atoms with Crippen molar-refractivity contribution in [2.45, 2.75) is 76.8 Å². The molecular weight excluding hydrogens is 454 g/mol. The number of carbonyl (C=O) groups excluding carboxylic acids is 1. The number of carboxylic acid groups (broad SMARTS) is 1. The summed E-state index contributed by atoms with van der Waals surface area (Å²) in [6, 6.07) is 14.8. The van der Waals surface area contributed by atoms with Crippen LogP contribution in [0.3, 0.4) is 0 Å². The first-order valence-electron chi connectivity index (χ1n) is 12.9. The fraction of sp³-hybridized carbons (Fsp3) is 0.483. The Kier molecular flexibility index (Phi) is 6.27. The van der Waals surface area contributed by atoms with Crippen LogP contribution in [0.25, 0.3) is 11.0 Å². The van der Waals surface area contributed by atoms with E-state index in [1.165, 1.54) is 12.7 Å². The Bertz CT molecular complexity index is 1290. The minimum atomic E-state index is -0.695. The van der Waals surface area contributed by atoms with Crippen molar-refractivity contribution in [1.29, 1.82) is 0 Å². The monoisotopic (exact) mass is 489 g/mol. The number of aliphatic carboxylic acids is 1. The van der Waals surface area contributed by atoms with E-state index in [9.17, 15) is 14.7 Å². The van der Waals surface area contributed by atoms with E-state index in [0.29, 0.717) is 12.8 Å². The van der Waals surface area contributed by atoms with Gasteiger partial charge in [-0.25, -0.2) is 9.78 Å². The Morgan fingerprint density at radius 1 is 1.03 bits per heavy atom. The number of carboxylic acids is 1. The van der Waals surface area contributed by atoms with Gasteiger partial charge in [0.15, 0.2) is 0 Å². The summed E-state index contributed by atoms with van der Waals surface area (Å²) in [5.74, 6) is 0.0171. The first kappa shape index (κ1) is 24.3. The van der Waals surface area contributed by atoms with Crippen LogP contribution in [0.5, 0.6) is 0 Å². The molecule has 1 aromatic heterocycles. The van der Waals surface area contributed by atoms with Gasteiger partial charge in [-0.15, -0.1) is 0 Å². The number of methoxy groups -OCH3 is 1. The molecule has 7 nitrogen and oxygen atoms in total. The lowest BCUT2D eigenvalue weighted by atomic mass is 9.82. The highest BCUT2D eigenvalue weighted by molar-refractivity contribution is 5.95. The number of rotatable bonds is 4. The van der Waals surface area contributed by atoms with E-state index in [0.717, 1.165) is 53.8 Å². The van der Waals surface area contributed by atoms with Crippen LogP contribution in [-0.2, 0) is 21.4 Å². The predicted octanol–water partition coefficient (Wildman–Crippen LogP) is 6.09. The van der Waals surface area contributed by atoms with Gasteiger partial charge >= 0.3 is 12.1 Å². The molecule has 1 aliphatic heterocycles. The summed E-state index contributed by atoms with van der Waals surface area (Å²) >= 11 is 0. The van der Waals surface area contributed by atoms with Gasteiger partial charge in [-0.3, -0.25) is 9.69 Å². The zero-order valence-corrected chi connectivity index (χ0v) is 21.5. The van der Waals surface area contributed by atoms with Crippen LogP contribution in [0.1, 0.15) is 75.9 Å². The molecule has 1 aliphatic carbocycles. The maximum Gasteiger partial charge on any atom is 0.414 e. The van der Waals surface area contributed by atoms with E-state index in [1.807, 2.05) is 19.1 Å². The van der Waals surface area contributed by atoms with Crippen LogP contribution in [0.4, 0.5) is 10.5 Å². The first-order valence-corrected chi connectivity index (χ1v) is 12.9. The lowest BCUT2D eigenvalue weighted by molar-refractivity contribution is -0.143. The highest BCUT2D eigenvalue weighted by Gasteiger charge is 2.37.